The van der Waals surface area contributed by atoms with Crippen LogP contribution in [0.15, 0.2) is 101 Å². The Labute approximate surface area is 194 Å². The second-order valence-corrected chi connectivity index (χ2v) is 7.79. The molecule has 1 heterocycles. The van der Waals surface area contributed by atoms with Crippen molar-refractivity contribution in [2.75, 3.05) is 0 Å². The van der Waals surface area contributed by atoms with Crippen molar-refractivity contribution < 1.29 is 14.3 Å². The van der Waals surface area contributed by atoms with Gasteiger partial charge in [0.1, 0.15) is 11.5 Å². The smallest absolute Gasteiger partial charge is 0.281 e. The molecular weight excluding hydrogens is 447 g/mol. The summed E-state index contributed by atoms with van der Waals surface area (Å²) in [5, 5.41) is 16.2. The number of hydrogen-bond acceptors (Lipinski definition) is 4. The van der Waals surface area contributed by atoms with Crippen molar-refractivity contribution in [1.29, 1.82) is 0 Å². The maximum atomic E-state index is 13.0. The molecule has 0 unspecified atom stereocenters. The summed E-state index contributed by atoms with van der Waals surface area (Å²) in [5.41, 5.74) is 2.12. The Kier molecular flexibility index (Phi) is 6.42. The first-order valence-electron chi connectivity index (χ1n) is 9.70. The third-order valence-corrected chi connectivity index (χ3v) is 5.64. The molecule has 1 amide bonds. The standard InChI is InChI=1S/C25H18Cl2N2O3/c26-21-13-11-17(15-22(21)27)23-14-12-20(32-23)16-28-29-24(30)25(31,18-7-3-1-4-8-18)19-9-5-2-6-10-19/h1-16,31H,(H,29,30)/b28-16+. The molecule has 4 aromatic rings. The maximum absolute atomic E-state index is 13.0. The Morgan fingerprint density at radius 2 is 1.50 bits per heavy atom. The van der Waals surface area contributed by atoms with Crippen LogP contribution in [0.4, 0.5) is 0 Å². The molecule has 0 saturated heterocycles. The number of furan rings is 1. The summed E-state index contributed by atoms with van der Waals surface area (Å²) >= 11 is 12.0. The first kappa shape index (κ1) is 21.8. The molecule has 32 heavy (non-hydrogen) atoms. The van der Waals surface area contributed by atoms with Crippen molar-refractivity contribution in [3.05, 3.63) is 118 Å². The molecule has 4 rings (SSSR count). The first-order valence-corrected chi connectivity index (χ1v) is 10.5. The molecule has 7 heteroatoms. The lowest BCUT2D eigenvalue weighted by molar-refractivity contribution is -0.136. The number of hydrogen-bond donors (Lipinski definition) is 2. The average molecular weight is 465 g/mol. The maximum Gasteiger partial charge on any atom is 0.281 e. The summed E-state index contributed by atoms with van der Waals surface area (Å²) in [6.07, 6.45) is 1.36. The largest absolute Gasteiger partial charge is 0.455 e. The number of rotatable bonds is 6. The Balaban J connectivity index is 1.54. The number of amides is 1. The molecule has 0 aliphatic rings. The van der Waals surface area contributed by atoms with E-state index in [1.54, 1.807) is 78.9 Å². The van der Waals surface area contributed by atoms with Crippen molar-refractivity contribution in [3.8, 4) is 11.3 Å². The van der Waals surface area contributed by atoms with E-state index in [1.165, 1.54) is 6.21 Å². The van der Waals surface area contributed by atoms with Gasteiger partial charge >= 0.3 is 0 Å². The normalized spacial score (nSPS) is 11.6. The quantitative estimate of drug-likeness (QED) is 0.286. The third-order valence-electron chi connectivity index (χ3n) is 4.90. The molecule has 0 spiro atoms. The highest BCUT2D eigenvalue weighted by Crippen LogP contribution is 2.31. The molecule has 0 aliphatic carbocycles. The molecule has 0 saturated carbocycles. The van der Waals surface area contributed by atoms with E-state index in [0.717, 1.165) is 5.56 Å². The van der Waals surface area contributed by atoms with Crippen molar-refractivity contribution in [2.24, 2.45) is 5.10 Å². The summed E-state index contributed by atoms with van der Waals surface area (Å²) in [6, 6.07) is 26.0. The minimum Gasteiger partial charge on any atom is -0.455 e. The zero-order chi connectivity index (χ0) is 22.6. The Morgan fingerprint density at radius 1 is 0.875 bits per heavy atom. The van der Waals surface area contributed by atoms with Crippen LogP contribution in [0.5, 0.6) is 0 Å². The Morgan fingerprint density at radius 3 is 2.09 bits per heavy atom. The fraction of sp³-hybridized carbons (Fsp3) is 0.0400. The minimum absolute atomic E-state index is 0.411. The van der Waals surface area contributed by atoms with E-state index < -0.39 is 11.5 Å². The van der Waals surface area contributed by atoms with E-state index in [1.807, 2.05) is 12.1 Å². The van der Waals surface area contributed by atoms with Crippen molar-refractivity contribution in [2.45, 2.75) is 5.60 Å². The number of halogens is 2. The molecule has 0 aliphatic heterocycles. The fourth-order valence-corrected chi connectivity index (χ4v) is 3.55. The van der Waals surface area contributed by atoms with Crippen LogP contribution in [0.2, 0.25) is 10.0 Å². The molecule has 0 atom stereocenters. The fourth-order valence-electron chi connectivity index (χ4n) is 3.25. The van der Waals surface area contributed by atoms with Gasteiger partial charge in [-0.2, -0.15) is 5.10 Å². The second kappa shape index (κ2) is 9.40. The number of aliphatic hydroxyl groups is 1. The van der Waals surface area contributed by atoms with Gasteiger partial charge in [-0.25, -0.2) is 5.43 Å². The highest BCUT2D eigenvalue weighted by atomic mass is 35.5. The summed E-state index contributed by atoms with van der Waals surface area (Å²) in [6.45, 7) is 0. The van der Waals surface area contributed by atoms with Crippen LogP contribution in [0, 0.1) is 0 Å². The van der Waals surface area contributed by atoms with Gasteiger partial charge in [-0.05, 0) is 41.5 Å². The highest BCUT2D eigenvalue weighted by Gasteiger charge is 2.39. The molecule has 5 nitrogen and oxygen atoms in total. The lowest BCUT2D eigenvalue weighted by Crippen LogP contribution is -2.43. The zero-order valence-electron chi connectivity index (χ0n) is 16.7. The zero-order valence-corrected chi connectivity index (χ0v) is 18.2. The molecule has 2 N–H and O–H groups in total. The molecule has 1 aromatic heterocycles. The van der Waals surface area contributed by atoms with Crippen LogP contribution in [-0.4, -0.2) is 17.2 Å². The number of nitrogens with one attached hydrogen (secondary N) is 1. The minimum atomic E-state index is -1.91. The van der Waals surface area contributed by atoms with Crippen molar-refractivity contribution in [1.82, 2.24) is 5.43 Å². The van der Waals surface area contributed by atoms with Crippen LogP contribution in [-0.2, 0) is 10.4 Å². The second-order valence-electron chi connectivity index (χ2n) is 6.97. The average Bonchev–Trinajstić information content (AvgIpc) is 3.30. The molecule has 0 radical (unpaired) electrons. The van der Waals surface area contributed by atoms with Gasteiger partial charge < -0.3 is 9.52 Å². The van der Waals surface area contributed by atoms with Crippen LogP contribution >= 0.6 is 23.2 Å². The molecule has 160 valence electrons. The van der Waals surface area contributed by atoms with E-state index in [2.05, 4.69) is 10.5 Å². The number of benzene rings is 3. The number of nitrogens with zero attached hydrogens (tertiary/aromatic N) is 1. The van der Waals surface area contributed by atoms with Gasteiger partial charge in [-0.3, -0.25) is 4.79 Å². The molecular formula is C25H18Cl2N2O3. The monoisotopic (exact) mass is 464 g/mol. The van der Waals surface area contributed by atoms with Gasteiger partial charge in [0.05, 0.1) is 16.3 Å². The number of carbonyl (C=O) groups is 1. The van der Waals surface area contributed by atoms with Gasteiger partial charge in [0.15, 0.2) is 5.60 Å². The van der Waals surface area contributed by atoms with E-state index in [-0.39, 0.29) is 0 Å². The lowest BCUT2D eigenvalue weighted by atomic mass is 9.85. The van der Waals surface area contributed by atoms with Crippen LogP contribution in [0.3, 0.4) is 0 Å². The van der Waals surface area contributed by atoms with Gasteiger partial charge in [-0.1, -0.05) is 83.9 Å². The summed E-state index contributed by atoms with van der Waals surface area (Å²) in [7, 11) is 0. The SMILES string of the molecule is O=C(N/N=C/c1ccc(-c2ccc(Cl)c(Cl)c2)o1)C(O)(c1ccccc1)c1ccccc1. The summed E-state index contributed by atoms with van der Waals surface area (Å²) < 4.78 is 5.74. The van der Waals surface area contributed by atoms with E-state index >= 15 is 0 Å². The number of carbonyl (C=O) groups excluding carboxylic acids is 1. The van der Waals surface area contributed by atoms with Gasteiger partial charge in [0.25, 0.3) is 5.91 Å². The predicted octanol–water partition coefficient (Wildman–Crippen LogP) is 5.64. The van der Waals surface area contributed by atoms with Gasteiger partial charge in [0.2, 0.25) is 0 Å². The van der Waals surface area contributed by atoms with Crippen molar-refractivity contribution >= 4 is 35.3 Å². The topological polar surface area (TPSA) is 74.8 Å². The van der Waals surface area contributed by atoms with E-state index in [0.29, 0.717) is 32.7 Å². The molecule has 3 aromatic carbocycles. The Bertz CT molecular complexity index is 1220. The molecule has 0 fully saturated rings. The van der Waals surface area contributed by atoms with E-state index in [9.17, 15) is 9.90 Å². The predicted molar refractivity (Wildman–Crippen MR) is 126 cm³/mol. The van der Waals surface area contributed by atoms with Crippen molar-refractivity contribution in [3.63, 3.8) is 0 Å². The molecule has 0 bridgehead atoms. The van der Waals surface area contributed by atoms with Gasteiger partial charge in [-0.15, -0.1) is 0 Å². The summed E-state index contributed by atoms with van der Waals surface area (Å²) in [4.78, 5) is 13.0. The van der Waals surface area contributed by atoms with E-state index in [4.69, 9.17) is 27.6 Å². The van der Waals surface area contributed by atoms with Crippen LogP contribution in [0.1, 0.15) is 16.9 Å². The lowest BCUT2D eigenvalue weighted by Gasteiger charge is -2.26. The third kappa shape index (κ3) is 4.46. The van der Waals surface area contributed by atoms with Crippen LogP contribution in [0.25, 0.3) is 11.3 Å². The van der Waals surface area contributed by atoms with Crippen LogP contribution < -0.4 is 5.43 Å². The number of hydrazone groups is 1. The Hall–Kier alpha value is -3.38. The van der Waals surface area contributed by atoms with Gasteiger partial charge in [0, 0.05) is 5.56 Å². The highest BCUT2D eigenvalue weighted by molar-refractivity contribution is 6.42. The summed E-state index contributed by atoms with van der Waals surface area (Å²) in [5.74, 6) is 0.290. The first-order chi connectivity index (χ1) is 15.5.